The molecule has 0 aliphatic carbocycles. The Morgan fingerprint density at radius 2 is 2.11 bits per heavy atom. The Kier molecular flexibility index (Phi) is 6.04. The maximum absolute atomic E-state index is 5.39. The lowest BCUT2D eigenvalue weighted by molar-refractivity contribution is 0.306. The number of hydrazine groups is 1. The molecular weight excluding hydrogens is 136 g/mol. The molecule has 54 valence electrons. The summed E-state index contributed by atoms with van der Waals surface area (Å²) in [5.41, 5.74) is 3.07. The SMILES string of the molecule is CN(C)NC/C=C/CCl. The van der Waals surface area contributed by atoms with Gasteiger partial charge in [-0.2, -0.15) is 0 Å². The van der Waals surface area contributed by atoms with Crippen molar-refractivity contribution in [2.75, 3.05) is 26.5 Å². The summed E-state index contributed by atoms with van der Waals surface area (Å²) in [7, 11) is 3.91. The molecule has 0 rings (SSSR count). The lowest BCUT2D eigenvalue weighted by atomic mass is 10.5. The van der Waals surface area contributed by atoms with Gasteiger partial charge in [0.2, 0.25) is 0 Å². The van der Waals surface area contributed by atoms with Crippen molar-refractivity contribution >= 4 is 11.6 Å². The summed E-state index contributed by atoms with van der Waals surface area (Å²) >= 11 is 5.39. The van der Waals surface area contributed by atoms with E-state index in [1.54, 1.807) is 0 Å². The van der Waals surface area contributed by atoms with E-state index in [-0.39, 0.29) is 0 Å². The van der Waals surface area contributed by atoms with Crippen LogP contribution in [-0.2, 0) is 0 Å². The minimum atomic E-state index is 0.592. The van der Waals surface area contributed by atoms with E-state index in [1.165, 1.54) is 0 Å². The molecule has 0 saturated heterocycles. The lowest BCUT2D eigenvalue weighted by Gasteiger charge is -2.08. The van der Waals surface area contributed by atoms with Crippen molar-refractivity contribution in [2.45, 2.75) is 0 Å². The van der Waals surface area contributed by atoms with Crippen molar-refractivity contribution in [2.24, 2.45) is 0 Å². The van der Waals surface area contributed by atoms with Gasteiger partial charge in [-0.25, -0.2) is 0 Å². The molecule has 0 aliphatic heterocycles. The van der Waals surface area contributed by atoms with Crippen LogP contribution in [0.1, 0.15) is 0 Å². The van der Waals surface area contributed by atoms with Crippen LogP contribution in [0.3, 0.4) is 0 Å². The van der Waals surface area contributed by atoms with Crippen molar-refractivity contribution in [1.29, 1.82) is 0 Å². The molecule has 2 nitrogen and oxygen atoms in total. The highest BCUT2D eigenvalue weighted by atomic mass is 35.5. The first-order valence-electron chi connectivity index (χ1n) is 2.89. The van der Waals surface area contributed by atoms with Gasteiger partial charge in [0.05, 0.1) is 0 Å². The van der Waals surface area contributed by atoms with Crippen LogP contribution in [0, 0.1) is 0 Å². The predicted molar refractivity (Wildman–Crippen MR) is 41.5 cm³/mol. The van der Waals surface area contributed by atoms with Gasteiger partial charge in [0.1, 0.15) is 0 Å². The van der Waals surface area contributed by atoms with E-state index in [1.807, 2.05) is 31.3 Å². The molecule has 0 aliphatic rings. The molecular formula is C6H13ClN2. The molecule has 0 radical (unpaired) electrons. The van der Waals surface area contributed by atoms with E-state index < -0.39 is 0 Å². The van der Waals surface area contributed by atoms with Gasteiger partial charge in [-0.05, 0) is 0 Å². The first kappa shape index (κ1) is 8.95. The summed E-state index contributed by atoms with van der Waals surface area (Å²) in [6.07, 6.45) is 3.91. The average molecular weight is 149 g/mol. The van der Waals surface area contributed by atoms with Crippen LogP contribution in [0.2, 0.25) is 0 Å². The summed E-state index contributed by atoms with van der Waals surface area (Å²) in [6.45, 7) is 0.847. The minimum Gasteiger partial charge on any atom is -0.252 e. The highest BCUT2D eigenvalue weighted by Crippen LogP contribution is 1.76. The molecule has 0 bridgehead atoms. The number of allylic oxidation sites excluding steroid dienone is 1. The van der Waals surface area contributed by atoms with Crippen molar-refractivity contribution in [3.8, 4) is 0 Å². The second-order valence-corrected chi connectivity index (χ2v) is 2.19. The fourth-order valence-corrected chi connectivity index (χ4v) is 0.508. The van der Waals surface area contributed by atoms with E-state index in [9.17, 15) is 0 Å². The Hall–Kier alpha value is -0.0500. The number of hydrogen-bond donors (Lipinski definition) is 1. The van der Waals surface area contributed by atoms with E-state index in [0.717, 1.165) is 6.54 Å². The number of nitrogens with one attached hydrogen (secondary N) is 1. The lowest BCUT2D eigenvalue weighted by Crippen LogP contribution is -2.30. The number of rotatable bonds is 4. The topological polar surface area (TPSA) is 15.3 Å². The van der Waals surface area contributed by atoms with Crippen LogP contribution in [0.15, 0.2) is 12.2 Å². The molecule has 3 heteroatoms. The Morgan fingerprint density at radius 1 is 1.44 bits per heavy atom. The van der Waals surface area contributed by atoms with Crippen LogP contribution < -0.4 is 5.43 Å². The van der Waals surface area contributed by atoms with Gasteiger partial charge in [0.15, 0.2) is 0 Å². The van der Waals surface area contributed by atoms with Gasteiger partial charge in [-0.1, -0.05) is 12.2 Å². The zero-order chi connectivity index (χ0) is 7.11. The summed E-state index contributed by atoms with van der Waals surface area (Å²) in [4.78, 5) is 0. The van der Waals surface area contributed by atoms with Crippen LogP contribution in [0.5, 0.6) is 0 Å². The van der Waals surface area contributed by atoms with Gasteiger partial charge in [0.25, 0.3) is 0 Å². The number of hydrogen-bond acceptors (Lipinski definition) is 2. The molecule has 0 saturated carbocycles. The fraction of sp³-hybridized carbons (Fsp3) is 0.667. The van der Waals surface area contributed by atoms with Gasteiger partial charge in [-0.3, -0.25) is 10.4 Å². The Morgan fingerprint density at radius 3 is 2.56 bits per heavy atom. The van der Waals surface area contributed by atoms with Crippen LogP contribution in [-0.4, -0.2) is 31.5 Å². The van der Waals surface area contributed by atoms with Gasteiger partial charge >= 0.3 is 0 Å². The molecule has 0 fully saturated rings. The van der Waals surface area contributed by atoms with Crippen molar-refractivity contribution in [3.05, 3.63) is 12.2 Å². The molecule has 1 N–H and O–H groups in total. The van der Waals surface area contributed by atoms with E-state index >= 15 is 0 Å². The number of halogens is 1. The molecule has 9 heavy (non-hydrogen) atoms. The second kappa shape index (κ2) is 6.08. The summed E-state index contributed by atoms with van der Waals surface area (Å²) in [5.74, 6) is 0.592. The van der Waals surface area contributed by atoms with Crippen LogP contribution >= 0.6 is 11.6 Å². The standard InChI is InChI=1S/C6H13ClN2/c1-9(2)8-6-4-3-5-7/h3-4,8H,5-6H2,1-2H3/b4-3+. The first-order valence-corrected chi connectivity index (χ1v) is 3.42. The van der Waals surface area contributed by atoms with Crippen molar-refractivity contribution in [3.63, 3.8) is 0 Å². The normalized spacial score (nSPS) is 11.6. The number of alkyl halides is 1. The van der Waals surface area contributed by atoms with Gasteiger partial charge in [-0.15, -0.1) is 11.6 Å². The molecule has 0 unspecified atom stereocenters. The largest absolute Gasteiger partial charge is 0.252 e. The third kappa shape index (κ3) is 7.95. The second-order valence-electron chi connectivity index (χ2n) is 1.88. The third-order valence-corrected chi connectivity index (χ3v) is 0.959. The fourth-order valence-electron chi connectivity index (χ4n) is 0.382. The van der Waals surface area contributed by atoms with Crippen molar-refractivity contribution < 1.29 is 0 Å². The highest BCUT2D eigenvalue weighted by molar-refractivity contribution is 6.18. The summed E-state index contributed by atoms with van der Waals surface area (Å²) < 4.78 is 0. The summed E-state index contributed by atoms with van der Waals surface area (Å²) in [6, 6.07) is 0. The first-order chi connectivity index (χ1) is 4.27. The van der Waals surface area contributed by atoms with E-state index in [2.05, 4.69) is 5.43 Å². The van der Waals surface area contributed by atoms with E-state index in [4.69, 9.17) is 11.6 Å². The molecule has 0 amide bonds. The molecule has 0 atom stereocenters. The molecule has 0 spiro atoms. The molecule has 0 heterocycles. The quantitative estimate of drug-likeness (QED) is 0.361. The molecule has 0 aromatic heterocycles. The predicted octanol–water partition coefficient (Wildman–Crippen LogP) is 0.848. The van der Waals surface area contributed by atoms with Gasteiger partial charge < -0.3 is 0 Å². The zero-order valence-electron chi connectivity index (χ0n) is 5.89. The van der Waals surface area contributed by atoms with Crippen molar-refractivity contribution in [1.82, 2.24) is 10.4 Å². The van der Waals surface area contributed by atoms with Crippen LogP contribution in [0.25, 0.3) is 0 Å². The Bertz CT molecular complexity index is 81.1. The van der Waals surface area contributed by atoms with Gasteiger partial charge in [0, 0.05) is 26.5 Å². The highest BCUT2D eigenvalue weighted by Gasteiger charge is 1.80. The third-order valence-electron chi connectivity index (χ3n) is 0.781. The minimum absolute atomic E-state index is 0.592. The zero-order valence-corrected chi connectivity index (χ0v) is 6.65. The maximum atomic E-state index is 5.39. The monoisotopic (exact) mass is 148 g/mol. The van der Waals surface area contributed by atoms with Crippen LogP contribution in [0.4, 0.5) is 0 Å². The smallest absolute Gasteiger partial charge is 0.0404 e. The average Bonchev–Trinajstić information content (AvgIpc) is 1.80. The summed E-state index contributed by atoms with van der Waals surface area (Å²) in [5, 5.41) is 1.90. The Balaban J connectivity index is 2.99. The molecule has 0 aromatic carbocycles. The Labute approximate surface area is 61.5 Å². The molecule has 0 aromatic rings. The number of nitrogens with zero attached hydrogens (tertiary/aromatic N) is 1. The maximum Gasteiger partial charge on any atom is 0.0404 e. The van der Waals surface area contributed by atoms with E-state index in [0.29, 0.717) is 5.88 Å².